The fraction of sp³-hybridized carbons (Fsp3) is 0.0769. The lowest BCUT2D eigenvalue weighted by molar-refractivity contribution is 0.0693. The second kappa shape index (κ2) is 5.69. The van der Waals surface area contributed by atoms with Crippen molar-refractivity contribution in [1.82, 2.24) is 4.98 Å². The number of ether oxygens (including phenoxy) is 1. The van der Waals surface area contributed by atoms with Crippen molar-refractivity contribution < 1.29 is 19.7 Å². The van der Waals surface area contributed by atoms with E-state index in [2.05, 4.69) is 4.98 Å². The molecule has 0 spiro atoms. The number of carboxylic acids is 1. The van der Waals surface area contributed by atoms with Crippen molar-refractivity contribution in [2.24, 2.45) is 0 Å². The highest BCUT2D eigenvalue weighted by atomic mass is 35.5. The van der Waals surface area contributed by atoms with Crippen LogP contribution in [0.2, 0.25) is 5.15 Å². The standard InChI is InChI=1S/C13H10ClNO4/c14-11-6-5-9(13(17)18)12(15-11)19-10-4-2-1-3-8(10)7-16/h1-6,16H,7H2,(H,17,18). The molecule has 98 valence electrons. The van der Waals surface area contributed by atoms with Gasteiger partial charge >= 0.3 is 5.97 Å². The zero-order valence-corrected chi connectivity index (χ0v) is 10.5. The molecule has 0 radical (unpaired) electrons. The van der Waals surface area contributed by atoms with Crippen LogP contribution in [0.25, 0.3) is 0 Å². The summed E-state index contributed by atoms with van der Waals surface area (Å²) in [5, 5.41) is 18.4. The third-order valence-electron chi connectivity index (χ3n) is 2.41. The molecule has 0 unspecified atom stereocenters. The molecule has 2 N–H and O–H groups in total. The molecule has 0 atom stereocenters. The second-order valence-corrected chi connectivity index (χ2v) is 4.05. The molecule has 0 amide bonds. The summed E-state index contributed by atoms with van der Waals surface area (Å²) in [6, 6.07) is 9.41. The van der Waals surface area contributed by atoms with Crippen molar-refractivity contribution in [3.05, 3.63) is 52.7 Å². The first-order valence-electron chi connectivity index (χ1n) is 5.38. The predicted molar refractivity (Wildman–Crippen MR) is 68.6 cm³/mol. The molecule has 0 aliphatic rings. The van der Waals surface area contributed by atoms with Crippen molar-refractivity contribution in [2.75, 3.05) is 0 Å². The summed E-state index contributed by atoms with van der Waals surface area (Å²) in [5.74, 6) is -0.941. The molecule has 0 aliphatic carbocycles. The summed E-state index contributed by atoms with van der Waals surface area (Å²) in [6.07, 6.45) is 0. The van der Waals surface area contributed by atoms with Gasteiger partial charge in [-0.2, -0.15) is 0 Å². The Balaban J connectivity index is 2.42. The third-order valence-corrected chi connectivity index (χ3v) is 2.62. The van der Waals surface area contributed by atoms with Gasteiger partial charge in [0.15, 0.2) is 0 Å². The summed E-state index contributed by atoms with van der Waals surface area (Å²) in [5.41, 5.74) is 0.428. The second-order valence-electron chi connectivity index (χ2n) is 3.66. The van der Waals surface area contributed by atoms with Crippen LogP contribution in [-0.4, -0.2) is 21.2 Å². The lowest BCUT2D eigenvalue weighted by atomic mass is 10.2. The molecule has 2 rings (SSSR count). The number of nitrogens with zero attached hydrogens (tertiary/aromatic N) is 1. The zero-order valence-electron chi connectivity index (χ0n) is 9.71. The number of carboxylic acid groups (broad SMARTS) is 1. The molecule has 0 bridgehead atoms. The Kier molecular flexibility index (Phi) is 3.99. The van der Waals surface area contributed by atoms with Gasteiger partial charge < -0.3 is 14.9 Å². The van der Waals surface area contributed by atoms with Gasteiger partial charge in [-0.05, 0) is 18.2 Å². The number of hydrogen-bond donors (Lipinski definition) is 2. The predicted octanol–water partition coefficient (Wildman–Crippen LogP) is 2.72. The van der Waals surface area contributed by atoms with E-state index >= 15 is 0 Å². The maximum Gasteiger partial charge on any atom is 0.341 e. The van der Waals surface area contributed by atoms with E-state index in [1.807, 2.05) is 0 Å². The zero-order chi connectivity index (χ0) is 13.8. The van der Waals surface area contributed by atoms with Crippen LogP contribution >= 0.6 is 11.6 Å². The van der Waals surface area contributed by atoms with E-state index in [1.54, 1.807) is 24.3 Å². The van der Waals surface area contributed by atoms with Gasteiger partial charge in [-0.1, -0.05) is 29.8 Å². The van der Waals surface area contributed by atoms with Gasteiger partial charge in [0.1, 0.15) is 16.5 Å². The maximum absolute atomic E-state index is 11.1. The largest absolute Gasteiger partial charge is 0.477 e. The van der Waals surface area contributed by atoms with Gasteiger partial charge in [-0.25, -0.2) is 9.78 Å². The molecule has 5 nitrogen and oxygen atoms in total. The molecule has 19 heavy (non-hydrogen) atoms. The lowest BCUT2D eigenvalue weighted by Crippen LogP contribution is -2.03. The number of pyridine rings is 1. The normalized spacial score (nSPS) is 10.2. The number of carbonyl (C=O) groups is 1. The highest BCUT2D eigenvalue weighted by Gasteiger charge is 2.15. The number of aromatic carboxylic acids is 1. The Morgan fingerprint density at radius 1 is 1.26 bits per heavy atom. The Morgan fingerprint density at radius 2 is 2.00 bits per heavy atom. The number of benzene rings is 1. The highest BCUT2D eigenvalue weighted by Crippen LogP contribution is 2.27. The lowest BCUT2D eigenvalue weighted by Gasteiger charge is -2.10. The van der Waals surface area contributed by atoms with Crippen LogP contribution in [0.3, 0.4) is 0 Å². The van der Waals surface area contributed by atoms with Crippen molar-refractivity contribution in [3.63, 3.8) is 0 Å². The third kappa shape index (κ3) is 3.01. The molecular formula is C13H10ClNO4. The minimum Gasteiger partial charge on any atom is -0.477 e. The summed E-state index contributed by atoms with van der Waals surface area (Å²) >= 11 is 5.73. The molecule has 1 aromatic heterocycles. The monoisotopic (exact) mass is 279 g/mol. The molecule has 2 aromatic rings. The summed E-state index contributed by atoms with van der Waals surface area (Å²) in [7, 11) is 0. The number of para-hydroxylation sites is 1. The smallest absolute Gasteiger partial charge is 0.341 e. The van der Waals surface area contributed by atoms with Crippen LogP contribution in [0.15, 0.2) is 36.4 Å². The SMILES string of the molecule is O=C(O)c1ccc(Cl)nc1Oc1ccccc1CO. The molecule has 0 saturated heterocycles. The summed E-state index contributed by atoms with van der Waals surface area (Å²) in [6.45, 7) is -0.223. The van der Waals surface area contributed by atoms with Crippen LogP contribution in [0.4, 0.5) is 0 Å². The fourth-order valence-corrected chi connectivity index (χ4v) is 1.64. The molecule has 1 aromatic carbocycles. The van der Waals surface area contributed by atoms with Gasteiger partial charge in [0.05, 0.1) is 6.61 Å². The number of aliphatic hydroxyl groups is 1. The number of aliphatic hydroxyl groups excluding tert-OH is 1. The van der Waals surface area contributed by atoms with E-state index in [4.69, 9.17) is 21.4 Å². The Morgan fingerprint density at radius 3 is 2.68 bits per heavy atom. The first-order chi connectivity index (χ1) is 9.11. The molecule has 0 saturated carbocycles. The molecule has 6 heteroatoms. The minimum atomic E-state index is -1.17. The highest BCUT2D eigenvalue weighted by molar-refractivity contribution is 6.29. The van der Waals surface area contributed by atoms with E-state index in [0.29, 0.717) is 11.3 Å². The van der Waals surface area contributed by atoms with Gasteiger partial charge in [0, 0.05) is 5.56 Å². The van der Waals surface area contributed by atoms with E-state index in [1.165, 1.54) is 12.1 Å². The van der Waals surface area contributed by atoms with Crippen LogP contribution in [0.5, 0.6) is 11.6 Å². The van der Waals surface area contributed by atoms with Gasteiger partial charge in [-0.3, -0.25) is 0 Å². The van der Waals surface area contributed by atoms with Gasteiger partial charge in [-0.15, -0.1) is 0 Å². The van der Waals surface area contributed by atoms with E-state index < -0.39 is 5.97 Å². The van der Waals surface area contributed by atoms with Crippen molar-refractivity contribution in [1.29, 1.82) is 0 Å². The fourth-order valence-electron chi connectivity index (χ4n) is 1.50. The first kappa shape index (κ1) is 13.3. The van der Waals surface area contributed by atoms with Gasteiger partial charge in [0.25, 0.3) is 0 Å². The van der Waals surface area contributed by atoms with Crippen LogP contribution in [0.1, 0.15) is 15.9 Å². The van der Waals surface area contributed by atoms with Crippen LogP contribution < -0.4 is 4.74 Å². The average molecular weight is 280 g/mol. The number of aromatic nitrogens is 1. The first-order valence-corrected chi connectivity index (χ1v) is 5.76. The number of rotatable bonds is 4. The Hall–Kier alpha value is -2.11. The van der Waals surface area contributed by atoms with Crippen molar-refractivity contribution in [3.8, 4) is 11.6 Å². The summed E-state index contributed by atoms with van der Waals surface area (Å²) < 4.78 is 5.44. The Bertz CT molecular complexity index is 615. The molecular weight excluding hydrogens is 270 g/mol. The minimum absolute atomic E-state index is 0.0999. The van der Waals surface area contributed by atoms with Crippen molar-refractivity contribution >= 4 is 17.6 Å². The maximum atomic E-state index is 11.1. The van der Waals surface area contributed by atoms with E-state index in [-0.39, 0.29) is 23.2 Å². The van der Waals surface area contributed by atoms with E-state index in [9.17, 15) is 9.90 Å². The molecule has 0 aliphatic heterocycles. The number of hydrogen-bond acceptors (Lipinski definition) is 4. The van der Waals surface area contributed by atoms with Gasteiger partial charge in [0.2, 0.25) is 5.88 Å². The van der Waals surface area contributed by atoms with E-state index in [0.717, 1.165) is 0 Å². The van der Waals surface area contributed by atoms with Crippen LogP contribution in [-0.2, 0) is 6.61 Å². The quantitative estimate of drug-likeness (QED) is 0.841. The number of halogens is 1. The molecule has 0 fully saturated rings. The van der Waals surface area contributed by atoms with Crippen molar-refractivity contribution in [2.45, 2.75) is 6.61 Å². The topological polar surface area (TPSA) is 79.7 Å². The van der Waals surface area contributed by atoms with Crippen LogP contribution in [0, 0.1) is 0 Å². The molecule has 1 heterocycles. The Labute approximate surface area is 114 Å². The average Bonchev–Trinajstić information content (AvgIpc) is 2.39. The summed E-state index contributed by atoms with van der Waals surface area (Å²) in [4.78, 5) is 14.9.